The molecule has 1 aliphatic heterocycles. The maximum atomic E-state index is 13.3. The Kier molecular flexibility index (Phi) is 4.39. The van der Waals surface area contributed by atoms with Gasteiger partial charge in [-0.25, -0.2) is 17.4 Å². The van der Waals surface area contributed by atoms with Gasteiger partial charge in [-0.3, -0.25) is 0 Å². The van der Waals surface area contributed by atoms with Crippen molar-refractivity contribution in [1.82, 2.24) is 14.3 Å². The Labute approximate surface area is 155 Å². The van der Waals surface area contributed by atoms with Crippen molar-refractivity contribution in [3.63, 3.8) is 0 Å². The molecule has 1 unspecified atom stereocenters. The normalized spacial score (nSPS) is 18.0. The monoisotopic (exact) mass is 419 g/mol. The SMILES string of the molecule is O=S(=O)(c1ccccc1)n1c(CC2CCCN2)cc2ccc(Br)nc21. The second kappa shape index (κ2) is 6.55. The van der Waals surface area contributed by atoms with Crippen LogP contribution in [0.3, 0.4) is 0 Å². The molecule has 0 saturated carbocycles. The molecule has 0 spiro atoms. The van der Waals surface area contributed by atoms with E-state index in [1.165, 1.54) is 3.97 Å². The van der Waals surface area contributed by atoms with Crippen molar-refractivity contribution in [1.29, 1.82) is 0 Å². The molecule has 1 aliphatic rings. The molecule has 1 fully saturated rings. The summed E-state index contributed by atoms with van der Waals surface area (Å²) < 4.78 is 28.6. The van der Waals surface area contributed by atoms with Crippen molar-refractivity contribution in [2.24, 2.45) is 0 Å². The van der Waals surface area contributed by atoms with Gasteiger partial charge in [-0.1, -0.05) is 18.2 Å². The molecule has 130 valence electrons. The van der Waals surface area contributed by atoms with Gasteiger partial charge in [-0.05, 0) is 65.6 Å². The van der Waals surface area contributed by atoms with Crippen LogP contribution < -0.4 is 5.32 Å². The Bertz CT molecular complexity index is 1010. The molecule has 7 heteroatoms. The zero-order chi connectivity index (χ0) is 17.4. The Balaban J connectivity index is 1.91. The number of hydrogen-bond donors (Lipinski definition) is 1. The average Bonchev–Trinajstić information content (AvgIpc) is 3.23. The third-order valence-electron chi connectivity index (χ3n) is 4.55. The molecule has 1 saturated heterocycles. The van der Waals surface area contributed by atoms with E-state index < -0.39 is 10.0 Å². The van der Waals surface area contributed by atoms with Crippen LogP contribution in [0.4, 0.5) is 0 Å². The second-order valence-electron chi connectivity index (χ2n) is 6.26. The number of hydrogen-bond acceptors (Lipinski definition) is 4. The van der Waals surface area contributed by atoms with E-state index in [0.717, 1.165) is 30.5 Å². The van der Waals surface area contributed by atoms with Crippen LogP contribution in [-0.4, -0.2) is 30.0 Å². The first-order chi connectivity index (χ1) is 12.1. The van der Waals surface area contributed by atoms with Gasteiger partial charge >= 0.3 is 0 Å². The van der Waals surface area contributed by atoms with Crippen LogP contribution in [0.5, 0.6) is 0 Å². The minimum absolute atomic E-state index is 0.273. The first-order valence-electron chi connectivity index (χ1n) is 8.26. The fourth-order valence-electron chi connectivity index (χ4n) is 3.38. The maximum absolute atomic E-state index is 13.3. The summed E-state index contributed by atoms with van der Waals surface area (Å²) in [6, 6.07) is 14.5. The minimum Gasteiger partial charge on any atom is -0.314 e. The van der Waals surface area contributed by atoms with Crippen molar-refractivity contribution in [3.8, 4) is 0 Å². The lowest BCUT2D eigenvalue weighted by Crippen LogP contribution is -2.26. The molecule has 25 heavy (non-hydrogen) atoms. The lowest BCUT2D eigenvalue weighted by Gasteiger charge is -2.14. The Morgan fingerprint density at radius 3 is 2.72 bits per heavy atom. The van der Waals surface area contributed by atoms with Gasteiger partial charge in [0.15, 0.2) is 5.65 Å². The van der Waals surface area contributed by atoms with Crippen molar-refractivity contribution in [3.05, 3.63) is 58.8 Å². The lowest BCUT2D eigenvalue weighted by atomic mass is 10.1. The van der Waals surface area contributed by atoms with Crippen LogP contribution in [-0.2, 0) is 16.4 Å². The zero-order valence-electron chi connectivity index (χ0n) is 13.5. The fourth-order valence-corrected chi connectivity index (χ4v) is 5.20. The van der Waals surface area contributed by atoms with Crippen LogP contribution in [0.2, 0.25) is 0 Å². The fraction of sp³-hybridized carbons (Fsp3) is 0.278. The highest BCUT2D eigenvalue weighted by Crippen LogP contribution is 2.27. The van der Waals surface area contributed by atoms with Gasteiger partial charge in [-0.15, -0.1) is 0 Å². The van der Waals surface area contributed by atoms with E-state index in [4.69, 9.17) is 0 Å². The Hall–Kier alpha value is -1.70. The van der Waals surface area contributed by atoms with Crippen LogP contribution >= 0.6 is 15.9 Å². The predicted octanol–water partition coefficient (Wildman–Crippen LogP) is 3.33. The highest BCUT2D eigenvalue weighted by molar-refractivity contribution is 9.10. The number of nitrogens with zero attached hydrogens (tertiary/aromatic N) is 2. The second-order valence-corrected chi connectivity index (χ2v) is 8.86. The quantitative estimate of drug-likeness (QED) is 0.658. The van der Waals surface area contributed by atoms with E-state index in [1.807, 2.05) is 24.3 Å². The van der Waals surface area contributed by atoms with Crippen LogP contribution in [0.1, 0.15) is 18.5 Å². The van der Waals surface area contributed by atoms with Gasteiger partial charge in [-0.2, -0.15) is 0 Å². The molecule has 1 aromatic carbocycles. The largest absolute Gasteiger partial charge is 0.314 e. The summed E-state index contributed by atoms with van der Waals surface area (Å²) in [6.45, 7) is 0.986. The summed E-state index contributed by atoms with van der Waals surface area (Å²) in [7, 11) is -3.71. The summed E-state index contributed by atoms with van der Waals surface area (Å²) in [5.41, 5.74) is 1.23. The van der Waals surface area contributed by atoms with Crippen LogP contribution in [0.15, 0.2) is 58.0 Å². The van der Waals surface area contributed by atoms with Crippen molar-refractivity contribution in [2.45, 2.75) is 30.2 Å². The van der Waals surface area contributed by atoms with Crippen molar-refractivity contribution < 1.29 is 8.42 Å². The van der Waals surface area contributed by atoms with Crippen LogP contribution in [0.25, 0.3) is 11.0 Å². The third kappa shape index (κ3) is 3.12. The number of rotatable bonds is 4. The molecule has 0 bridgehead atoms. The topological polar surface area (TPSA) is 64.0 Å². The van der Waals surface area contributed by atoms with Gasteiger partial charge in [0.05, 0.1) is 4.90 Å². The molecule has 2 aromatic heterocycles. The van der Waals surface area contributed by atoms with E-state index in [9.17, 15) is 8.42 Å². The number of pyridine rings is 1. The molecule has 0 amide bonds. The maximum Gasteiger partial charge on any atom is 0.269 e. The highest BCUT2D eigenvalue weighted by Gasteiger charge is 2.26. The summed E-state index contributed by atoms with van der Waals surface area (Å²) >= 11 is 3.36. The molecule has 0 radical (unpaired) electrons. The van der Waals surface area contributed by atoms with Gasteiger partial charge in [0.25, 0.3) is 10.0 Å². The first-order valence-corrected chi connectivity index (χ1v) is 10.5. The number of nitrogens with one attached hydrogen (secondary N) is 1. The van der Waals surface area contributed by atoms with Crippen molar-refractivity contribution in [2.75, 3.05) is 6.54 Å². The van der Waals surface area contributed by atoms with E-state index >= 15 is 0 Å². The number of aromatic nitrogens is 2. The molecular formula is C18H18BrN3O2S. The molecular weight excluding hydrogens is 402 g/mol. The van der Waals surface area contributed by atoms with Gasteiger partial charge in [0, 0.05) is 23.5 Å². The van der Waals surface area contributed by atoms with Gasteiger partial charge < -0.3 is 5.32 Å². The minimum atomic E-state index is -3.71. The van der Waals surface area contributed by atoms with E-state index in [1.54, 1.807) is 24.3 Å². The summed E-state index contributed by atoms with van der Waals surface area (Å²) in [5, 5.41) is 4.27. The number of fused-ring (bicyclic) bond motifs is 1. The van der Waals surface area contributed by atoms with Gasteiger partial charge in [0.2, 0.25) is 0 Å². The Morgan fingerprint density at radius 2 is 2.00 bits per heavy atom. The summed E-state index contributed by atoms with van der Waals surface area (Å²) in [5.74, 6) is 0. The molecule has 5 nitrogen and oxygen atoms in total. The predicted molar refractivity (Wildman–Crippen MR) is 101 cm³/mol. The Morgan fingerprint density at radius 1 is 1.20 bits per heavy atom. The standard InChI is InChI=1S/C18H18BrN3O2S/c19-17-9-8-13-11-15(12-14-5-4-10-20-14)22(18(13)21-17)25(23,24)16-6-2-1-3-7-16/h1-3,6-9,11,14,20H,4-5,10,12H2. The lowest BCUT2D eigenvalue weighted by molar-refractivity contribution is 0.572. The first kappa shape index (κ1) is 16.8. The molecule has 1 atom stereocenters. The number of benzene rings is 1. The highest BCUT2D eigenvalue weighted by atomic mass is 79.9. The van der Waals surface area contributed by atoms with E-state index in [2.05, 4.69) is 26.2 Å². The summed E-state index contributed by atoms with van der Waals surface area (Å²) in [6.07, 6.45) is 2.85. The van der Waals surface area contributed by atoms with Crippen LogP contribution in [0, 0.1) is 0 Å². The summed E-state index contributed by atoms with van der Waals surface area (Å²) in [4.78, 5) is 4.72. The average molecular weight is 420 g/mol. The van der Waals surface area contributed by atoms with E-state index in [-0.39, 0.29) is 4.90 Å². The van der Waals surface area contributed by atoms with E-state index in [0.29, 0.717) is 22.7 Å². The molecule has 3 heterocycles. The molecule has 1 N–H and O–H groups in total. The number of halogens is 1. The van der Waals surface area contributed by atoms with Gasteiger partial charge in [0.1, 0.15) is 4.60 Å². The molecule has 4 rings (SSSR count). The molecule has 0 aliphatic carbocycles. The third-order valence-corrected chi connectivity index (χ3v) is 6.74. The van der Waals surface area contributed by atoms with Crippen molar-refractivity contribution >= 4 is 37.0 Å². The smallest absolute Gasteiger partial charge is 0.269 e. The molecule has 3 aromatic rings. The zero-order valence-corrected chi connectivity index (χ0v) is 15.9.